The third-order valence-electron chi connectivity index (χ3n) is 3.81. The summed E-state index contributed by atoms with van der Waals surface area (Å²) in [6, 6.07) is 8.45. The number of aryl methyl sites for hydroxylation is 1. The van der Waals surface area contributed by atoms with Gasteiger partial charge < -0.3 is 5.32 Å². The largest absolute Gasteiger partial charge is 0.317 e. The van der Waals surface area contributed by atoms with Crippen LogP contribution in [0.15, 0.2) is 28.7 Å². The SMILES string of the molecule is CCNCCCc1c(C)nn(Cc2ccc(Br)cc2)c1C. The van der Waals surface area contributed by atoms with Crippen molar-refractivity contribution in [1.29, 1.82) is 0 Å². The highest BCUT2D eigenvalue weighted by atomic mass is 79.9. The molecule has 0 spiro atoms. The van der Waals surface area contributed by atoms with E-state index >= 15 is 0 Å². The van der Waals surface area contributed by atoms with Crippen molar-refractivity contribution in [3.05, 3.63) is 51.3 Å². The molecule has 0 saturated heterocycles. The minimum Gasteiger partial charge on any atom is -0.317 e. The van der Waals surface area contributed by atoms with Crippen molar-refractivity contribution in [2.75, 3.05) is 13.1 Å². The van der Waals surface area contributed by atoms with Gasteiger partial charge in [0.05, 0.1) is 12.2 Å². The lowest BCUT2D eigenvalue weighted by Crippen LogP contribution is -2.14. The molecule has 0 saturated carbocycles. The third-order valence-corrected chi connectivity index (χ3v) is 4.34. The maximum Gasteiger partial charge on any atom is 0.0662 e. The maximum atomic E-state index is 4.71. The highest BCUT2D eigenvalue weighted by molar-refractivity contribution is 9.10. The van der Waals surface area contributed by atoms with Crippen LogP contribution in [0.25, 0.3) is 0 Å². The van der Waals surface area contributed by atoms with E-state index in [1.54, 1.807) is 0 Å². The third kappa shape index (κ3) is 4.42. The van der Waals surface area contributed by atoms with E-state index in [9.17, 15) is 0 Å². The van der Waals surface area contributed by atoms with Gasteiger partial charge in [0.1, 0.15) is 0 Å². The van der Waals surface area contributed by atoms with E-state index in [1.165, 1.54) is 28.9 Å². The first-order valence-corrected chi connectivity index (χ1v) is 8.39. The Morgan fingerprint density at radius 1 is 1.19 bits per heavy atom. The Kier molecular flexibility index (Phi) is 6.00. The van der Waals surface area contributed by atoms with E-state index in [2.05, 4.69) is 71.0 Å². The molecule has 0 bridgehead atoms. The van der Waals surface area contributed by atoms with Crippen LogP contribution < -0.4 is 5.32 Å². The molecule has 0 aliphatic rings. The van der Waals surface area contributed by atoms with Crippen LogP contribution in [-0.4, -0.2) is 22.9 Å². The molecular formula is C17H24BrN3. The first kappa shape index (κ1) is 16.2. The van der Waals surface area contributed by atoms with Crippen LogP contribution in [0.3, 0.4) is 0 Å². The van der Waals surface area contributed by atoms with Crippen LogP contribution in [0.5, 0.6) is 0 Å². The van der Waals surface area contributed by atoms with Crippen molar-refractivity contribution >= 4 is 15.9 Å². The Labute approximate surface area is 135 Å². The van der Waals surface area contributed by atoms with Crippen LogP contribution in [0.1, 0.15) is 35.9 Å². The molecule has 2 rings (SSSR count). The Bertz CT molecular complexity index is 572. The van der Waals surface area contributed by atoms with Crippen LogP contribution >= 0.6 is 15.9 Å². The molecule has 0 fully saturated rings. The molecule has 1 aromatic heterocycles. The van der Waals surface area contributed by atoms with Crippen LogP contribution in [0, 0.1) is 13.8 Å². The van der Waals surface area contributed by atoms with Crippen molar-refractivity contribution in [3.63, 3.8) is 0 Å². The fraction of sp³-hybridized carbons (Fsp3) is 0.471. The minimum atomic E-state index is 0.840. The van der Waals surface area contributed by atoms with Gasteiger partial charge in [-0.25, -0.2) is 0 Å². The molecule has 1 N–H and O–H groups in total. The van der Waals surface area contributed by atoms with Crippen molar-refractivity contribution in [1.82, 2.24) is 15.1 Å². The predicted octanol–water partition coefficient (Wildman–Crippen LogP) is 3.85. The molecule has 1 heterocycles. The van der Waals surface area contributed by atoms with Gasteiger partial charge in [-0.3, -0.25) is 4.68 Å². The van der Waals surface area contributed by atoms with Crippen LogP contribution in [0.2, 0.25) is 0 Å². The fourth-order valence-electron chi connectivity index (χ4n) is 2.58. The standard InChI is InChI=1S/C17H24BrN3/c1-4-19-11-5-6-17-13(2)20-21(14(17)3)12-15-7-9-16(18)10-8-15/h7-10,19H,4-6,11-12H2,1-3H3. The molecule has 0 radical (unpaired) electrons. The number of nitrogens with zero attached hydrogens (tertiary/aromatic N) is 2. The summed E-state index contributed by atoms with van der Waals surface area (Å²) >= 11 is 3.47. The highest BCUT2D eigenvalue weighted by Crippen LogP contribution is 2.17. The van der Waals surface area contributed by atoms with Crippen molar-refractivity contribution in [2.24, 2.45) is 0 Å². The summed E-state index contributed by atoms with van der Waals surface area (Å²) in [5, 5.41) is 8.09. The summed E-state index contributed by atoms with van der Waals surface area (Å²) in [4.78, 5) is 0. The zero-order valence-electron chi connectivity index (χ0n) is 13.1. The first-order valence-electron chi connectivity index (χ1n) is 7.60. The normalized spacial score (nSPS) is 11.0. The summed E-state index contributed by atoms with van der Waals surface area (Å²) in [7, 11) is 0. The van der Waals surface area contributed by atoms with E-state index in [-0.39, 0.29) is 0 Å². The van der Waals surface area contributed by atoms with E-state index in [4.69, 9.17) is 5.10 Å². The molecule has 0 amide bonds. The number of aromatic nitrogens is 2. The lowest BCUT2D eigenvalue weighted by Gasteiger charge is -2.06. The molecule has 0 unspecified atom stereocenters. The summed E-state index contributed by atoms with van der Waals surface area (Å²) in [5.74, 6) is 0. The van der Waals surface area contributed by atoms with Gasteiger partial charge in [0.2, 0.25) is 0 Å². The molecule has 1 aromatic carbocycles. The number of hydrogen-bond donors (Lipinski definition) is 1. The van der Waals surface area contributed by atoms with Gasteiger partial charge in [-0.1, -0.05) is 35.0 Å². The number of hydrogen-bond acceptors (Lipinski definition) is 2. The Balaban J connectivity index is 2.05. The van der Waals surface area contributed by atoms with E-state index in [0.717, 1.165) is 30.5 Å². The summed E-state index contributed by atoms with van der Waals surface area (Å²) in [6.07, 6.45) is 2.27. The molecule has 4 heteroatoms. The Hall–Kier alpha value is -1.13. The second-order valence-corrected chi connectivity index (χ2v) is 6.31. The summed E-state index contributed by atoms with van der Waals surface area (Å²) < 4.78 is 3.24. The predicted molar refractivity (Wildman–Crippen MR) is 91.8 cm³/mol. The molecule has 0 atom stereocenters. The molecule has 0 aliphatic carbocycles. The van der Waals surface area contributed by atoms with Crippen LogP contribution in [-0.2, 0) is 13.0 Å². The van der Waals surface area contributed by atoms with Crippen molar-refractivity contribution in [3.8, 4) is 0 Å². The van der Waals surface area contributed by atoms with E-state index in [1.807, 2.05) is 0 Å². The molecule has 2 aromatic rings. The second kappa shape index (κ2) is 7.76. The molecule has 0 aliphatic heterocycles. The lowest BCUT2D eigenvalue weighted by molar-refractivity contribution is 0.653. The molecule has 21 heavy (non-hydrogen) atoms. The van der Waals surface area contributed by atoms with Gasteiger partial charge in [-0.05, 0) is 63.0 Å². The molecule has 114 valence electrons. The number of rotatable bonds is 7. The lowest BCUT2D eigenvalue weighted by atomic mass is 10.1. The quantitative estimate of drug-likeness (QED) is 0.769. The smallest absolute Gasteiger partial charge is 0.0662 e. The average molecular weight is 350 g/mol. The van der Waals surface area contributed by atoms with E-state index in [0.29, 0.717) is 0 Å². The van der Waals surface area contributed by atoms with Gasteiger partial charge in [0.25, 0.3) is 0 Å². The van der Waals surface area contributed by atoms with Crippen molar-refractivity contribution < 1.29 is 0 Å². The summed E-state index contributed by atoms with van der Waals surface area (Å²) in [6.45, 7) is 9.41. The van der Waals surface area contributed by atoms with Gasteiger partial charge in [-0.15, -0.1) is 0 Å². The van der Waals surface area contributed by atoms with Gasteiger partial charge >= 0.3 is 0 Å². The van der Waals surface area contributed by atoms with Gasteiger partial charge in [0.15, 0.2) is 0 Å². The Morgan fingerprint density at radius 3 is 2.57 bits per heavy atom. The first-order chi connectivity index (χ1) is 10.1. The minimum absolute atomic E-state index is 0.840. The average Bonchev–Trinajstić information content (AvgIpc) is 2.73. The van der Waals surface area contributed by atoms with Gasteiger partial charge in [-0.2, -0.15) is 5.10 Å². The van der Waals surface area contributed by atoms with Crippen LogP contribution in [0.4, 0.5) is 0 Å². The Morgan fingerprint density at radius 2 is 1.90 bits per heavy atom. The summed E-state index contributed by atoms with van der Waals surface area (Å²) in [5.41, 5.74) is 5.15. The second-order valence-electron chi connectivity index (χ2n) is 5.39. The van der Waals surface area contributed by atoms with Gasteiger partial charge in [0, 0.05) is 10.2 Å². The van der Waals surface area contributed by atoms with Crippen molar-refractivity contribution in [2.45, 2.75) is 40.2 Å². The zero-order chi connectivity index (χ0) is 15.2. The fourth-order valence-corrected chi connectivity index (χ4v) is 2.84. The zero-order valence-corrected chi connectivity index (χ0v) is 14.7. The molecule has 3 nitrogen and oxygen atoms in total. The monoisotopic (exact) mass is 349 g/mol. The topological polar surface area (TPSA) is 29.9 Å². The van der Waals surface area contributed by atoms with E-state index < -0.39 is 0 Å². The number of nitrogens with one attached hydrogen (secondary N) is 1. The maximum absolute atomic E-state index is 4.71. The number of benzene rings is 1. The molecular weight excluding hydrogens is 326 g/mol. The highest BCUT2D eigenvalue weighted by Gasteiger charge is 2.11. The number of halogens is 1.